The van der Waals surface area contributed by atoms with Gasteiger partial charge in [-0.1, -0.05) is 0 Å². The Morgan fingerprint density at radius 1 is 1.32 bits per heavy atom. The molecule has 0 aliphatic rings. The van der Waals surface area contributed by atoms with Crippen molar-refractivity contribution >= 4 is 33.1 Å². The summed E-state index contributed by atoms with van der Waals surface area (Å²) in [5.74, 6) is -1.04. The second-order valence-electron chi connectivity index (χ2n) is 3.77. The minimum Gasteiger partial charge on any atom is -0.464 e. The summed E-state index contributed by atoms with van der Waals surface area (Å²) in [6, 6.07) is 4.46. The third-order valence-corrected chi connectivity index (χ3v) is 4.97. The molecule has 1 aromatic carbocycles. The Kier molecular flexibility index (Phi) is 4.37. The average Bonchev–Trinajstić information content (AvgIpc) is 2.97. The summed E-state index contributed by atoms with van der Waals surface area (Å²) in [4.78, 5) is 25.0. The predicted molar refractivity (Wildman–Crippen MR) is 74.4 cm³/mol. The number of methoxy groups -OCH3 is 1. The van der Waals surface area contributed by atoms with E-state index in [1.807, 2.05) is 0 Å². The number of nitro groups is 1. The molecule has 0 radical (unpaired) electrons. The van der Waals surface area contributed by atoms with Crippen molar-refractivity contribution < 1.29 is 27.1 Å². The molecule has 116 valence electrons. The molecule has 0 saturated carbocycles. The van der Waals surface area contributed by atoms with E-state index in [0.29, 0.717) is 11.3 Å². The van der Waals surface area contributed by atoms with Gasteiger partial charge in [-0.3, -0.25) is 10.1 Å². The predicted octanol–water partition coefficient (Wildman–Crippen LogP) is 1.61. The number of esters is 1. The van der Waals surface area contributed by atoms with Gasteiger partial charge in [0, 0.05) is 12.1 Å². The third kappa shape index (κ3) is 3.20. The number of benzene rings is 1. The molecule has 0 atom stereocenters. The maximum absolute atomic E-state index is 12.1. The Morgan fingerprint density at radius 2 is 1.95 bits per heavy atom. The smallest absolute Gasteiger partial charge is 0.359 e. The summed E-state index contributed by atoms with van der Waals surface area (Å²) in [6.07, 6.45) is 0. The summed E-state index contributed by atoms with van der Waals surface area (Å²) in [7, 11) is -3.21. The SMILES string of the molecule is COC(=O)c1ncsc1S(=O)(=O)Oc1ccc([N+](=O)[O-])cc1. The lowest BCUT2D eigenvalue weighted by molar-refractivity contribution is -0.384. The van der Waals surface area contributed by atoms with E-state index in [2.05, 4.69) is 9.72 Å². The zero-order valence-electron chi connectivity index (χ0n) is 11.0. The quantitative estimate of drug-likeness (QED) is 0.346. The molecule has 0 unspecified atom stereocenters. The minimum absolute atomic E-state index is 0.130. The van der Waals surface area contributed by atoms with Crippen LogP contribution in [0, 0.1) is 10.1 Å². The van der Waals surface area contributed by atoms with Crippen LogP contribution < -0.4 is 4.18 Å². The highest BCUT2D eigenvalue weighted by molar-refractivity contribution is 7.89. The van der Waals surface area contributed by atoms with Crippen molar-refractivity contribution in [3.63, 3.8) is 0 Å². The van der Waals surface area contributed by atoms with E-state index >= 15 is 0 Å². The van der Waals surface area contributed by atoms with Crippen LogP contribution in [-0.2, 0) is 14.9 Å². The lowest BCUT2D eigenvalue weighted by atomic mass is 10.3. The molecule has 9 nitrogen and oxygen atoms in total. The highest BCUT2D eigenvalue weighted by Crippen LogP contribution is 2.26. The number of rotatable bonds is 5. The molecule has 0 spiro atoms. The lowest BCUT2D eigenvalue weighted by Gasteiger charge is -2.06. The molecule has 0 aliphatic heterocycles. The van der Waals surface area contributed by atoms with Crippen molar-refractivity contribution in [1.82, 2.24) is 4.98 Å². The first-order chi connectivity index (χ1) is 10.3. The van der Waals surface area contributed by atoms with Gasteiger partial charge < -0.3 is 8.92 Å². The first kappa shape index (κ1) is 15.9. The van der Waals surface area contributed by atoms with Gasteiger partial charge in [0.2, 0.25) is 0 Å². The largest absolute Gasteiger partial charge is 0.464 e. The number of aromatic nitrogens is 1. The Morgan fingerprint density at radius 3 is 2.50 bits per heavy atom. The van der Waals surface area contributed by atoms with Crippen LogP contribution in [0.5, 0.6) is 5.75 Å². The van der Waals surface area contributed by atoms with E-state index in [1.54, 1.807) is 0 Å². The summed E-state index contributed by atoms with van der Waals surface area (Å²) < 4.78 is 33.1. The van der Waals surface area contributed by atoms with Gasteiger partial charge in [0.15, 0.2) is 9.90 Å². The van der Waals surface area contributed by atoms with E-state index in [9.17, 15) is 23.3 Å². The maximum Gasteiger partial charge on any atom is 0.359 e. The number of hydrogen-bond acceptors (Lipinski definition) is 9. The Balaban J connectivity index is 2.30. The van der Waals surface area contributed by atoms with Gasteiger partial charge in [-0.2, -0.15) is 8.42 Å². The first-order valence-electron chi connectivity index (χ1n) is 5.56. The molecular formula is C11H8N2O7S2. The summed E-state index contributed by atoms with van der Waals surface area (Å²) >= 11 is 0.694. The molecule has 0 fully saturated rings. The van der Waals surface area contributed by atoms with Gasteiger partial charge in [-0.15, -0.1) is 11.3 Å². The minimum atomic E-state index is -4.30. The first-order valence-corrected chi connectivity index (χ1v) is 7.84. The van der Waals surface area contributed by atoms with Crippen LogP contribution in [0.1, 0.15) is 10.5 Å². The number of carbonyl (C=O) groups is 1. The molecule has 0 aliphatic carbocycles. The number of nitrogens with zero attached hydrogens (tertiary/aromatic N) is 2. The van der Waals surface area contributed by atoms with Gasteiger partial charge in [0.25, 0.3) is 5.69 Å². The van der Waals surface area contributed by atoms with Crippen LogP contribution in [-0.4, -0.2) is 31.4 Å². The van der Waals surface area contributed by atoms with Gasteiger partial charge in [-0.25, -0.2) is 9.78 Å². The molecule has 0 bridgehead atoms. The zero-order chi connectivity index (χ0) is 16.3. The van der Waals surface area contributed by atoms with Gasteiger partial charge in [0.05, 0.1) is 17.5 Å². The summed E-state index contributed by atoms with van der Waals surface area (Å²) in [5, 5.41) is 10.5. The summed E-state index contributed by atoms with van der Waals surface area (Å²) in [6.45, 7) is 0. The number of non-ortho nitro benzene ring substituents is 1. The molecule has 0 saturated heterocycles. The second kappa shape index (κ2) is 6.07. The fourth-order valence-electron chi connectivity index (χ4n) is 1.43. The van der Waals surface area contributed by atoms with Crippen LogP contribution in [0.2, 0.25) is 0 Å². The average molecular weight is 344 g/mol. The van der Waals surface area contributed by atoms with E-state index in [1.165, 1.54) is 5.51 Å². The molecular weight excluding hydrogens is 336 g/mol. The topological polar surface area (TPSA) is 126 Å². The Hall–Kier alpha value is -2.53. The molecule has 0 amide bonds. The number of ether oxygens (including phenoxy) is 1. The molecule has 2 rings (SSSR count). The zero-order valence-corrected chi connectivity index (χ0v) is 12.6. The molecule has 2 aromatic rings. The third-order valence-electron chi connectivity index (χ3n) is 2.39. The Bertz CT molecular complexity index is 811. The maximum atomic E-state index is 12.1. The van der Waals surface area contributed by atoms with Crippen molar-refractivity contribution in [2.45, 2.75) is 4.21 Å². The molecule has 1 aromatic heterocycles. The van der Waals surface area contributed by atoms with Crippen LogP contribution in [0.25, 0.3) is 0 Å². The van der Waals surface area contributed by atoms with Gasteiger partial charge in [0.1, 0.15) is 5.75 Å². The molecule has 0 N–H and O–H groups in total. The van der Waals surface area contributed by atoms with Crippen molar-refractivity contribution in [2.75, 3.05) is 7.11 Å². The van der Waals surface area contributed by atoms with Crippen molar-refractivity contribution in [3.05, 3.63) is 45.6 Å². The second-order valence-corrected chi connectivity index (χ2v) is 6.36. The van der Waals surface area contributed by atoms with Crippen molar-refractivity contribution in [1.29, 1.82) is 0 Å². The van der Waals surface area contributed by atoms with Crippen LogP contribution in [0.4, 0.5) is 5.69 Å². The van der Waals surface area contributed by atoms with E-state index in [-0.39, 0.29) is 17.1 Å². The number of hydrogen-bond donors (Lipinski definition) is 0. The molecule has 11 heteroatoms. The van der Waals surface area contributed by atoms with E-state index in [0.717, 1.165) is 31.4 Å². The number of thiazole rings is 1. The van der Waals surface area contributed by atoms with E-state index in [4.69, 9.17) is 4.18 Å². The molecule has 1 heterocycles. The Labute approximate surface area is 128 Å². The fourth-order valence-corrected chi connectivity index (χ4v) is 3.45. The van der Waals surface area contributed by atoms with Crippen molar-refractivity contribution in [2.24, 2.45) is 0 Å². The van der Waals surface area contributed by atoms with Gasteiger partial charge >= 0.3 is 16.1 Å². The van der Waals surface area contributed by atoms with E-state index < -0.39 is 25.2 Å². The molecule has 22 heavy (non-hydrogen) atoms. The number of nitro benzene ring substituents is 1. The standard InChI is InChI=1S/C11H8N2O7S2/c1-19-10(14)9-11(21-6-12-9)22(17,18)20-8-4-2-7(3-5-8)13(15)16/h2-6H,1H3. The van der Waals surface area contributed by atoms with Crippen molar-refractivity contribution in [3.8, 4) is 5.75 Å². The van der Waals surface area contributed by atoms with Crippen LogP contribution in [0.15, 0.2) is 34.0 Å². The lowest BCUT2D eigenvalue weighted by Crippen LogP contribution is -2.13. The normalized spacial score (nSPS) is 11.0. The number of carbonyl (C=O) groups excluding carboxylic acids is 1. The highest BCUT2D eigenvalue weighted by atomic mass is 32.3. The highest BCUT2D eigenvalue weighted by Gasteiger charge is 2.28. The fraction of sp³-hybridized carbons (Fsp3) is 0.0909. The van der Waals surface area contributed by atoms with Crippen LogP contribution >= 0.6 is 11.3 Å². The summed E-state index contributed by atoms with van der Waals surface area (Å²) in [5.41, 5.74) is 0.574. The van der Waals surface area contributed by atoms with Gasteiger partial charge in [-0.05, 0) is 12.1 Å². The monoisotopic (exact) mass is 344 g/mol. The van der Waals surface area contributed by atoms with Crippen LogP contribution in [0.3, 0.4) is 0 Å².